The lowest BCUT2D eigenvalue weighted by atomic mass is 10.1. The van der Waals surface area contributed by atoms with Crippen LogP contribution in [0.4, 0.5) is 4.39 Å². The highest BCUT2D eigenvalue weighted by Gasteiger charge is 2.12. The molecule has 3 aromatic rings. The third-order valence-corrected chi connectivity index (χ3v) is 4.24. The quantitative estimate of drug-likeness (QED) is 0.422. The third kappa shape index (κ3) is 4.72. The fourth-order valence-corrected chi connectivity index (χ4v) is 2.87. The Balaban J connectivity index is 1.83. The van der Waals surface area contributed by atoms with Crippen molar-refractivity contribution in [1.29, 1.82) is 0 Å². The van der Waals surface area contributed by atoms with Gasteiger partial charge in [-0.3, -0.25) is 4.98 Å². The minimum absolute atomic E-state index is 0.0439. The first-order valence-corrected chi connectivity index (χ1v) is 8.56. The zero-order chi connectivity index (χ0) is 18.5. The van der Waals surface area contributed by atoms with E-state index in [2.05, 4.69) is 15.1 Å². The van der Waals surface area contributed by atoms with Gasteiger partial charge < -0.3 is 9.40 Å². The molecule has 0 atom stereocenters. The molecule has 0 fully saturated rings. The van der Waals surface area contributed by atoms with Crippen LogP contribution in [0, 0.1) is 5.82 Å². The predicted octanol–water partition coefficient (Wildman–Crippen LogP) is 5.00. The highest BCUT2D eigenvalue weighted by atomic mass is 35.5. The summed E-state index contributed by atoms with van der Waals surface area (Å²) in [6.07, 6.45) is 6.51. The molecule has 5 nitrogen and oxygen atoms in total. The number of hydrogen-bond acceptors (Lipinski definition) is 4. The van der Waals surface area contributed by atoms with Crippen LogP contribution < -0.4 is 0 Å². The molecule has 2 heterocycles. The highest BCUT2D eigenvalue weighted by Crippen LogP contribution is 2.21. The van der Waals surface area contributed by atoms with E-state index < -0.39 is 5.82 Å². The van der Waals surface area contributed by atoms with Gasteiger partial charge in [0.15, 0.2) is 6.61 Å². The first-order valence-electron chi connectivity index (χ1n) is 7.43. The van der Waals surface area contributed by atoms with Crippen molar-refractivity contribution >= 4 is 40.5 Å². The van der Waals surface area contributed by atoms with Crippen LogP contribution in [0.1, 0.15) is 11.3 Å². The van der Waals surface area contributed by atoms with E-state index in [1.807, 2.05) is 0 Å². The molecule has 0 unspecified atom stereocenters. The predicted molar refractivity (Wildman–Crippen MR) is 99.2 cm³/mol. The van der Waals surface area contributed by atoms with Crippen molar-refractivity contribution in [3.8, 4) is 0 Å². The number of pyridine rings is 1. The summed E-state index contributed by atoms with van der Waals surface area (Å²) >= 11 is 18.0. The molecule has 0 bridgehead atoms. The molecule has 0 amide bonds. The summed E-state index contributed by atoms with van der Waals surface area (Å²) in [4.78, 5) is 13.5. The lowest BCUT2D eigenvalue weighted by Crippen LogP contribution is -2.12. The Morgan fingerprint density at radius 3 is 2.73 bits per heavy atom. The van der Waals surface area contributed by atoms with Crippen LogP contribution in [0.25, 0.3) is 0 Å². The summed E-state index contributed by atoms with van der Waals surface area (Å²) in [5.74, 6) is -0.432. The smallest absolute Gasteiger partial charge is 0.160 e. The maximum Gasteiger partial charge on any atom is 0.160 e. The van der Waals surface area contributed by atoms with E-state index in [1.165, 1.54) is 18.3 Å². The van der Waals surface area contributed by atoms with Crippen LogP contribution in [-0.2, 0) is 18.0 Å². The van der Waals surface area contributed by atoms with Gasteiger partial charge in [-0.1, -0.05) is 40.0 Å². The van der Waals surface area contributed by atoms with Crippen molar-refractivity contribution in [3.05, 3.63) is 81.3 Å². The number of rotatable bonds is 6. The molecular formula is C17H12Cl3FN4O. The van der Waals surface area contributed by atoms with Crippen LogP contribution in [0.3, 0.4) is 0 Å². The molecule has 0 aliphatic rings. The summed E-state index contributed by atoms with van der Waals surface area (Å²) in [5, 5.41) is 5.19. The van der Waals surface area contributed by atoms with Crippen molar-refractivity contribution in [2.45, 2.75) is 13.2 Å². The van der Waals surface area contributed by atoms with Crippen LogP contribution in [0.15, 0.2) is 54.3 Å². The van der Waals surface area contributed by atoms with Crippen molar-refractivity contribution < 1.29 is 9.23 Å². The van der Waals surface area contributed by atoms with Crippen molar-refractivity contribution in [2.75, 3.05) is 0 Å². The van der Waals surface area contributed by atoms with Gasteiger partial charge in [-0.15, -0.1) is 0 Å². The molecule has 0 aliphatic carbocycles. The number of hydrogen-bond donors (Lipinski definition) is 0. The summed E-state index contributed by atoms with van der Waals surface area (Å²) in [5.41, 5.74) is 1.54. The van der Waals surface area contributed by atoms with Crippen LogP contribution >= 0.6 is 34.8 Å². The van der Waals surface area contributed by atoms with E-state index in [1.54, 1.807) is 35.4 Å². The Kier molecular flexibility index (Phi) is 6.08. The van der Waals surface area contributed by atoms with E-state index in [0.29, 0.717) is 33.6 Å². The summed E-state index contributed by atoms with van der Waals surface area (Å²) in [6, 6.07) is 5.65. The normalized spacial score (nSPS) is 11.6. The highest BCUT2D eigenvalue weighted by molar-refractivity contribution is 6.35. The second-order valence-electron chi connectivity index (χ2n) is 5.25. The van der Waals surface area contributed by atoms with Gasteiger partial charge in [-0.05, 0) is 24.3 Å². The molecule has 1 aromatic carbocycles. The van der Waals surface area contributed by atoms with Crippen LogP contribution in [0.2, 0.25) is 15.1 Å². The maximum atomic E-state index is 13.3. The zero-order valence-electron chi connectivity index (χ0n) is 13.2. The van der Waals surface area contributed by atoms with Gasteiger partial charge in [0.1, 0.15) is 11.5 Å². The van der Waals surface area contributed by atoms with Gasteiger partial charge in [0, 0.05) is 24.2 Å². The fourth-order valence-electron chi connectivity index (χ4n) is 2.16. The Morgan fingerprint density at radius 2 is 2.04 bits per heavy atom. The van der Waals surface area contributed by atoms with Gasteiger partial charge in [0.25, 0.3) is 0 Å². The lowest BCUT2D eigenvalue weighted by Gasteiger charge is -2.10. The Morgan fingerprint density at radius 1 is 1.19 bits per heavy atom. The van der Waals surface area contributed by atoms with Gasteiger partial charge >= 0.3 is 0 Å². The minimum atomic E-state index is -0.432. The van der Waals surface area contributed by atoms with Gasteiger partial charge in [-0.2, -0.15) is 0 Å². The topological polar surface area (TPSA) is 52.3 Å². The molecule has 3 rings (SSSR count). The van der Waals surface area contributed by atoms with Crippen LogP contribution in [0.5, 0.6) is 0 Å². The lowest BCUT2D eigenvalue weighted by molar-refractivity contribution is 0.127. The Hall–Kier alpha value is -2.15. The summed E-state index contributed by atoms with van der Waals surface area (Å²) in [7, 11) is 0. The minimum Gasteiger partial charge on any atom is -0.389 e. The molecule has 0 aliphatic heterocycles. The van der Waals surface area contributed by atoms with Crippen molar-refractivity contribution in [1.82, 2.24) is 14.5 Å². The van der Waals surface area contributed by atoms with E-state index in [9.17, 15) is 4.39 Å². The first kappa shape index (κ1) is 18.6. The molecule has 0 saturated heterocycles. The van der Waals surface area contributed by atoms with Crippen LogP contribution in [-0.4, -0.2) is 20.2 Å². The molecule has 0 N–H and O–H groups in total. The summed E-state index contributed by atoms with van der Waals surface area (Å²) in [6.45, 7) is 0.384. The number of imidazole rings is 1. The largest absolute Gasteiger partial charge is 0.389 e. The Bertz CT molecular complexity index is 932. The molecule has 2 aromatic heterocycles. The van der Waals surface area contributed by atoms with E-state index in [4.69, 9.17) is 39.6 Å². The van der Waals surface area contributed by atoms with Gasteiger partial charge in [0.2, 0.25) is 0 Å². The zero-order valence-corrected chi connectivity index (χ0v) is 15.5. The number of aromatic nitrogens is 3. The molecule has 0 saturated carbocycles. The number of benzene rings is 1. The fraction of sp³-hybridized carbons (Fsp3) is 0.118. The molecule has 9 heteroatoms. The second-order valence-corrected chi connectivity index (χ2v) is 6.50. The average molecular weight is 414 g/mol. The van der Waals surface area contributed by atoms with Crippen molar-refractivity contribution in [3.63, 3.8) is 0 Å². The molecule has 0 radical (unpaired) electrons. The third-order valence-electron chi connectivity index (χ3n) is 3.39. The van der Waals surface area contributed by atoms with Gasteiger partial charge in [-0.25, -0.2) is 9.37 Å². The van der Waals surface area contributed by atoms with E-state index >= 15 is 0 Å². The molecular weight excluding hydrogens is 402 g/mol. The van der Waals surface area contributed by atoms with Crippen molar-refractivity contribution in [2.24, 2.45) is 5.16 Å². The monoisotopic (exact) mass is 412 g/mol. The van der Waals surface area contributed by atoms with E-state index in [-0.39, 0.29) is 11.6 Å². The number of oxime groups is 1. The average Bonchev–Trinajstić information content (AvgIpc) is 3.09. The molecule has 0 spiro atoms. The number of nitrogens with zero attached hydrogens (tertiary/aromatic N) is 4. The second kappa shape index (κ2) is 8.49. The SMILES string of the molecule is Fc1ccc(/C(Cn2ccnc2)=N/OCc2ncc(Cl)cc2Cl)c(Cl)c1. The number of halogens is 4. The Labute approximate surface area is 164 Å². The standard InChI is InChI=1S/C17H12Cl3FN4O/c18-11-5-15(20)17(23-7-11)9-26-24-16(8-25-4-3-22-10-25)13-2-1-12(21)6-14(13)19/h1-7,10H,8-9H2/b24-16+. The van der Waals surface area contributed by atoms with Gasteiger partial charge in [0.05, 0.1) is 33.6 Å². The first-order chi connectivity index (χ1) is 12.5. The van der Waals surface area contributed by atoms with E-state index in [0.717, 1.165) is 0 Å². The summed E-state index contributed by atoms with van der Waals surface area (Å²) < 4.78 is 15.1. The molecule has 134 valence electrons. The molecule has 26 heavy (non-hydrogen) atoms. The maximum absolute atomic E-state index is 13.3.